The van der Waals surface area contributed by atoms with Gasteiger partial charge in [0.1, 0.15) is 6.04 Å². The number of nitrogens with zero attached hydrogens (tertiary/aromatic N) is 1. The van der Waals surface area contributed by atoms with Crippen LogP contribution in [0.4, 0.5) is 0 Å². The van der Waals surface area contributed by atoms with Gasteiger partial charge in [-0.1, -0.05) is 30.3 Å². The van der Waals surface area contributed by atoms with Gasteiger partial charge < -0.3 is 5.11 Å². The highest BCUT2D eigenvalue weighted by Crippen LogP contribution is 2.33. The maximum atomic E-state index is 12.4. The summed E-state index contributed by atoms with van der Waals surface area (Å²) in [6.45, 7) is 1.22. The molecule has 21 heavy (non-hydrogen) atoms. The number of hydrogen-bond acceptors (Lipinski definition) is 4. The van der Waals surface area contributed by atoms with Crippen molar-refractivity contribution in [2.24, 2.45) is 5.92 Å². The van der Waals surface area contributed by atoms with Gasteiger partial charge in [0.2, 0.25) is 11.8 Å². The Kier molecular flexibility index (Phi) is 4.16. The van der Waals surface area contributed by atoms with Gasteiger partial charge in [-0.15, -0.1) is 0 Å². The lowest BCUT2D eigenvalue weighted by Crippen LogP contribution is -2.65. The van der Waals surface area contributed by atoms with Crippen LogP contribution in [0.3, 0.4) is 0 Å². The van der Waals surface area contributed by atoms with Gasteiger partial charge in [0.25, 0.3) is 0 Å². The van der Waals surface area contributed by atoms with Gasteiger partial charge in [-0.3, -0.25) is 24.1 Å². The fourth-order valence-electron chi connectivity index (χ4n) is 2.53. The van der Waals surface area contributed by atoms with E-state index in [1.807, 2.05) is 0 Å². The molecule has 6 nitrogen and oxygen atoms in total. The molecule has 2 amide bonds. The van der Waals surface area contributed by atoms with Crippen LogP contribution in [0.5, 0.6) is 0 Å². The number of hydrogen-bond donors (Lipinski definition) is 1. The van der Waals surface area contributed by atoms with Crippen LogP contribution in [0.25, 0.3) is 0 Å². The molecule has 1 aromatic rings. The third-order valence-electron chi connectivity index (χ3n) is 3.55. The molecular weight excluding hydrogens is 274 g/mol. The molecule has 0 spiro atoms. The van der Waals surface area contributed by atoms with E-state index < -0.39 is 29.7 Å². The molecule has 2 unspecified atom stereocenters. The van der Waals surface area contributed by atoms with Gasteiger partial charge in [-0.25, -0.2) is 0 Å². The van der Waals surface area contributed by atoms with Crippen molar-refractivity contribution in [1.82, 2.24) is 4.90 Å². The van der Waals surface area contributed by atoms with Crippen molar-refractivity contribution in [3.05, 3.63) is 35.9 Å². The van der Waals surface area contributed by atoms with E-state index in [-0.39, 0.29) is 18.6 Å². The summed E-state index contributed by atoms with van der Waals surface area (Å²) in [5.74, 6) is -3.08. The number of imide groups is 1. The molecule has 0 saturated carbocycles. The summed E-state index contributed by atoms with van der Waals surface area (Å²) in [6.07, 6.45) is -0.151. The van der Waals surface area contributed by atoms with E-state index in [4.69, 9.17) is 5.11 Å². The second kappa shape index (κ2) is 5.87. The summed E-state index contributed by atoms with van der Waals surface area (Å²) in [4.78, 5) is 47.4. The quantitative estimate of drug-likeness (QED) is 0.647. The van der Waals surface area contributed by atoms with Gasteiger partial charge in [0.15, 0.2) is 5.78 Å². The maximum absolute atomic E-state index is 12.4. The Hall–Kier alpha value is -2.50. The first kappa shape index (κ1) is 14.9. The molecule has 1 aliphatic heterocycles. The molecule has 110 valence electrons. The molecule has 0 aliphatic carbocycles. The number of likely N-dealkylation sites (tertiary alicyclic amines) is 1. The van der Waals surface area contributed by atoms with E-state index in [2.05, 4.69) is 0 Å². The van der Waals surface area contributed by atoms with E-state index in [9.17, 15) is 19.2 Å². The number of ketones is 1. The highest BCUT2D eigenvalue weighted by atomic mass is 16.4. The van der Waals surface area contributed by atoms with Crippen LogP contribution < -0.4 is 0 Å². The van der Waals surface area contributed by atoms with E-state index in [1.165, 1.54) is 6.92 Å². The van der Waals surface area contributed by atoms with Crippen LogP contribution in [0.2, 0.25) is 0 Å². The molecule has 0 aromatic heterocycles. The number of aliphatic carboxylic acids is 1. The van der Waals surface area contributed by atoms with E-state index >= 15 is 0 Å². The highest BCUT2D eigenvalue weighted by molar-refractivity contribution is 6.14. The summed E-state index contributed by atoms with van der Waals surface area (Å²) in [5, 5.41) is 8.71. The van der Waals surface area contributed by atoms with Gasteiger partial charge in [-0.2, -0.15) is 0 Å². The normalized spacial score (nSPS) is 20.8. The second-order valence-electron chi connectivity index (χ2n) is 4.94. The highest BCUT2D eigenvalue weighted by Gasteiger charge is 2.52. The van der Waals surface area contributed by atoms with Gasteiger partial charge in [0, 0.05) is 18.9 Å². The Morgan fingerprint density at radius 1 is 1.19 bits per heavy atom. The molecular formula is C15H15NO5. The Morgan fingerprint density at radius 3 is 2.33 bits per heavy atom. The number of β-lactam (4-membered cyclic amide) rings is 1. The standard InChI is InChI=1S/C15H15NO5/c1-9(17)16-13(11(15(16)21)7-8-12(18)19)14(20)10-5-3-2-4-6-10/h2-6,11,13H,7-8H2,1H3,(H,18,19). The van der Waals surface area contributed by atoms with Crippen LogP contribution in [-0.2, 0) is 14.4 Å². The van der Waals surface area contributed by atoms with Crippen molar-refractivity contribution in [3.8, 4) is 0 Å². The minimum Gasteiger partial charge on any atom is -0.481 e. The molecule has 2 rings (SSSR count). The Balaban J connectivity index is 2.22. The average Bonchev–Trinajstić information content (AvgIpc) is 2.44. The summed E-state index contributed by atoms with van der Waals surface area (Å²) in [7, 11) is 0. The molecule has 1 saturated heterocycles. The first-order valence-electron chi connectivity index (χ1n) is 6.58. The summed E-state index contributed by atoms with van der Waals surface area (Å²) in [6, 6.07) is 7.47. The third-order valence-corrected chi connectivity index (χ3v) is 3.55. The number of amides is 2. The minimum absolute atomic E-state index is 0.0567. The molecule has 1 aliphatic rings. The van der Waals surface area contributed by atoms with Crippen LogP contribution in [0.15, 0.2) is 30.3 Å². The predicted molar refractivity (Wildman–Crippen MR) is 72.4 cm³/mol. The number of carbonyl (C=O) groups is 4. The molecule has 0 radical (unpaired) electrons. The SMILES string of the molecule is CC(=O)N1C(=O)C(CCC(=O)O)C1C(=O)c1ccccc1. The smallest absolute Gasteiger partial charge is 0.303 e. The fraction of sp³-hybridized carbons (Fsp3) is 0.333. The summed E-state index contributed by atoms with van der Waals surface area (Å²) >= 11 is 0. The number of Topliss-reactive ketones (excluding diaryl/α,β-unsaturated/α-hetero) is 1. The fourth-order valence-corrected chi connectivity index (χ4v) is 2.53. The number of carboxylic acid groups (broad SMARTS) is 1. The van der Waals surface area contributed by atoms with Crippen molar-refractivity contribution in [3.63, 3.8) is 0 Å². The first-order valence-corrected chi connectivity index (χ1v) is 6.58. The number of rotatable bonds is 5. The molecule has 2 atom stereocenters. The van der Waals surface area contributed by atoms with Crippen molar-refractivity contribution in [1.29, 1.82) is 0 Å². The zero-order valence-electron chi connectivity index (χ0n) is 11.5. The monoisotopic (exact) mass is 289 g/mol. The lowest BCUT2D eigenvalue weighted by molar-refractivity contribution is -0.162. The molecule has 6 heteroatoms. The Morgan fingerprint density at radius 2 is 1.81 bits per heavy atom. The topological polar surface area (TPSA) is 91.8 Å². The molecule has 0 bridgehead atoms. The molecule has 1 aromatic carbocycles. The van der Waals surface area contributed by atoms with Crippen molar-refractivity contribution in [2.45, 2.75) is 25.8 Å². The zero-order chi connectivity index (χ0) is 15.6. The number of carbonyl (C=O) groups excluding carboxylic acids is 3. The second-order valence-corrected chi connectivity index (χ2v) is 4.94. The van der Waals surface area contributed by atoms with Gasteiger partial charge in [0.05, 0.1) is 5.92 Å². The lowest BCUT2D eigenvalue weighted by Gasteiger charge is -2.44. The molecule has 1 fully saturated rings. The summed E-state index contributed by atoms with van der Waals surface area (Å²) < 4.78 is 0. The van der Waals surface area contributed by atoms with Crippen LogP contribution in [0.1, 0.15) is 30.1 Å². The minimum atomic E-state index is -1.03. The zero-order valence-corrected chi connectivity index (χ0v) is 11.5. The number of carboxylic acids is 1. The van der Waals surface area contributed by atoms with Crippen LogP contribution >= 0.6 is 0 Å². The molecule has 1 heterocycles. The number of benzene rings is 1. The van der Waals surface area contributed by atoms with E-state index in [0.29, 0.717) is 5.56 Å². The lowest BCUT2D eigenvalue weighted by atomic mass is 9.79. The Labute approximate surface area is 121 Å². The third kappa shape index (κ3) is 2.84. The van der Waals surface area contributed by atoms with E-state index in [1.54, 1.807) is 30.3 Å². The first-order chi connectivity index (χ1) is 9.93. The summed E-state index contributed by atoms with van der Waals surface area (Å²) in [5.41, 5.74) is 0.404. The van der Waals surface area contributed by atoms with Crippen molar-refractivity contribution in [2.75, 3.05) is 0 Å². The predicted octanol–water partition coefficient (Wildman–Crippen LogP) is 1.11. The van der Waals surface area contributed by atoms with Gasteiger partial charge in [-0.05, 0) is 6.42 Å². The van der Waals surface area contributed by atoms with Crippen molar-refractivity contribution >= 4 is 23.6 Å². The average molecular weight is 289 g/mol. The van der Waals surface area contributed by atoms with E-state index in [0.717, 1.165) is 4.90 Å². The van der Waals surface area contributed by atoms with Gasteiger partial charge >= 0.3 is 5.97 Å². The Bertz CT molecular complexity index is 595. The largest absolute Gasteiger partial charge is 0.481 e. The maximum Gasteiger partial charge on any atom is 0.303 e. The van der Waals surface area contributed by atoms with Crippen LogP contribution in [0, 0.1) is 5.92 Å². The van der Waals surface area contributed by atoms with Crippen molar-refractivity contribution < 1.29 is 24.3 Å². The van der Waals surface area contributed by atoms with Crippen LogP contribution in [-0.4, -0.2) is 39.6 Å². The molecule has 1 N–H and O–H groups in total.